The number of rotatable bonds is 10. The van der Waals surface area contributed by atoms with Gasteiger partial charge in [0.15, 0.2) is 0 Å². The van der Waals surface area contributed by atoms with Crippen molar-refractivity contribution in [3.05, 3.63) is 237 Å². The lowest BCUT2D eigenvalue weighted by molar-refractivity contribution is 0.576. The van der Waals surface area contributed by atoms with E-state index in [1.54, 1.807) is 0 Å². The Bertz CT molecular complexity index is 2210. The van der Waals surface area contributed by atoms with Crippen LogP contribution in [0.25, 0.3) is 0 Å². The normalized spacial score (nSPS) is 16.9. The summed E-state index contributed by atoms with van der Waals surface area (Å²) < 4.78 is 0. The molecule has 0 aromatic heterocycles. The summed E-state index contributed by atoms with van der Waals surface area (Å²) in [6.45, 7) is 4.74. The van der Waals surface area contributed by atoms with Gasteiger partial charge in [-0.1, -0.05) is 158 Å². The molecule has 1 heteroatoms. The topological polar surface area (TPSA) is 3.24 Å². The Balaban J connectivity index is 1.21. The maximum Gasteiger partial charge on any atom is 0.0670 e. The predicted molar refractivity (Wildman–Crippen MR) is 213 cm³/mol. The van der Waals surface area contributed by atoms with Crippen molar-refractivity contribution < 1.29 is 0 Å². The van der Waals surface area contributed by atoms with Crippen LogP contribution in [0, 0.1) is 6.92 Å². The Labute approximate surface area is 303 Å². The molecule has 0 N–H and O–H groups in total. The Morgan fingerprint density at radius 3 is 1.57 bits per heavy atom. The summed E-state index contributed by atoms with van der Waals surface area (Å²) in [7, 11) is 0. The van der Waals surface area contributed by atoms with Crippen LogP contribution in [0.2, 0.25) is 0 Å². The summed E-state index contributed by atoms with van der Waals surface area (Å²) in [6, 6.07) is 58.0. The zero-order chi connectivity index (χ0) is 34.6. The molecule has 51 heavy (non-hydrogen) atoms. The summed E-state index contributed by atoms with van der Waals surface area (Å²) in [6.07, 6.45) is 8.24. The van der Waals surface area contributed by atoms with Gasteiger partial charge in [0.05, 0.1) is 6.04 Å². The van der Waals surface area contributed by atoms with Gasteiger partial charge >= 0.3 is 0 Å². The second kappa shape index (κ2) is 14.6. The average molecular weight is 658 g/mol. The SMILES string of the molecule is Cc1cc2c(cc1C(C)CCC(C1=C=C=CC=C1)N(c1ccccc1)c1ccccc1)C(c1ccccc1)c1ccccc1C2c1ccccc1. The summed E-state index contributed by atoms with van der Waals surface area (Å²) in [4.78, 5) is 2.49. The van der Waals surface area contributed by atoms with Crippen molar-refractivity contribution in [3.8, 4) is 0 Å². The summed E-state index contributed by atoms with van der Waals surface area (Å²) in [5, 5.41) is 0. The zero-order valence-corrected chi connectivity index (χ0v) is 29.4. The lowest BCUT2D eigenvalue weighted by Gasteiger charge is -2.37. The van der Waals surface area contributed by atoms with Gasteiger partial charge in [-0.25, -0.2) is 0 Å². The fourth-order valence-corrected chi connectivity index (χ4v) is 8.41. The molecule has 6 aromatic rings. The molecule has 0 fully saturated rings. The highest BCUT2D eigenvalue weighted by molar-refractivity contribution is 5.67. The number of nitrogens with zero attached hydrogens (tertiary/aromatic N) is 1. The monoisotopic (exact) mass is 657 g/mol. The van der Waals surface area contributed by atoms with Gasteiger partial charge in [-0.05, 0) is 107 Å². The molecule has 0 aliphatic heterocycles. The van der Waals surface area contributed by atoms with Crippen molar-refractivity contribution >= 4 is 11.4 Å². The second-order valence-corrected chi connectivity index (χ2v) is 13.9. The molecule has 6 aromatic carbocycles. The molecular weight excluding hydrogens is 615 g/mol. The van der Waals surface area contributed by atoms with E-state index in [9.17, 15) is 0 Å². The van der Waals surface area contributed by atoms with Crippen molar-refractivity contribution in [2.24, 2.45) is 0 Å². The number of para-hydroxylation sites is 2. The molecule has 0 spiro atoms. The third kappa shape index (κ3) is 6.47. The maximum absolute atomic E-state index is 3.49. The second-order valence-electron chi connectivity index (χ2n) is 13.9. The first-order chi connectivity index (χ1) is 25.2. The number of anilines is 2. The molecule has 0 radical (unpaired) electrons. The first-order valence-electron chi connectivity index (χ1n) is 18.3. The molecule has 248 valence electrons. The smallest absolute Gasteiger partial charge is 0.0670 e. The van der Waals surface area contributed by atoms with E-state index in [0.717, 1.165) is 18.4 Å². The molecule has 1 nitrogen and oxygen atoms in total. The minimum atomic E-state index is 0.0963. The molecule has 0 amide bonds. The first kappa shape index (κ1) is 32.4. The highest BCUT2D eigenvalue weighted by Crippen LogP contribution is 2.50. The third-order valence-corrected chi connectivity index (χ3v) is 10.8. The van der Waals surface area contributed by atoms with E-state index >= 15 is 0 Å². The first-order valence-corrected chi connectivity index (χ1v) is 18.3. The number of benzene rings is 6. The van der Waals surface area contributed by atoms with E-state index in [1.807, 2.05) is 6.08 Å². The standard InChI is InChI=1S/C50H43N/c1-36(32-33-48(38-20-8-3-9-21-38)51(41-26-14-6-15-27-41)42-28-16-7-17-29-42)45-35-47-46(34-37(45)2)49(39-22-10-4-11-23-39)43-30-18-19-31-44(43)50(47)40-24-12-5-13-25-40/h3-8,10-20,22-31,34-36,48-50H,32-33H2,1-2H3. The van der Waals surface area contributed by atoms with Crippen molar-refractivity contribution in [1.82, 2.24) is 0 Å². The van der Waals surface area contributed by atoms with Crippen LogP contribution in [-0.4, -0.2) is 6.04 Å². The molecule has 4 unspecified atom stereocenters. The number of hydrogen-bond donors (Lipinski definition) is 0. The van der Waals surface area contributed by atoms with Crippen molar-refractivity contribution in [3.63, 3.8) is 0 Å². The van der Waals surface area contributed by atoms with Crippen LogP contribution in [0.3, 0.4) is 0 Å². The summed E-state index contributed by atoms with van der Waals surface area (Å²) in [5.74, 6) is 0.723. The Morgan fingerprint density at radius 1 is 0.569 bits per heavy atom. The predicted octanol–water partition coefficient (Wildman–Crippen LogP) is 12.6. The molecule has 2 aliphatic rings. The van der Waals surface area contributed by atoms with Crippen molar-refractivity contribution in [2.45, 2.75) is 50.5 Å². The van der Waals surface area contributed by atoms with Gasteiger partial charge in [0.1, 0.15) is 0 Å². The van der Waals surface area contributed by atoms with E-state index in [2.05, 4.69) is 200 Å². The van der Waals surface area contributed by atoms with Crippen LogP contribution in [0.5, 0.6) is 0 Å². The number of hydrogen-bond acceptors (Lipinski definition) is 1. The van der Waals surface area contributed by atoms with Gasteiger partial charge < -0.3 is 4.90 Å². The molecule has 8 rings (SSSR count). The number of allylic oxidation sites excluding steroid dienone is 2. The van der Waals surface area contributed by atoms with E-state index < -0.39 is 0 Å². The van der Waals surface area contributed by atoms with Crippen LogP contribution in [0.1, 0.15) is 82.0 Å². The van der Waals surface area contributed by atoms with E-state index in [4.69, 9.17) is 0 Å². The Hall–Kier alpha value is -5.84. The molecule has 0 saturated carbocycles. The van der Waals surface area contributed by atoms with Crippen LogP contribution >= 0.6 is 0 Å². The molecular formula is C50H43N. The van der Waals surface area contributed by atoms with Gasteiger partial charge in [0.25, 0.3) is 0 Å². The van der Waals surface area contributed by atoms with Gasteiger partial charge in [0.2, 0.25) is 0 Å². The largest absolute Gasteiger partial charge is 0.333 e. The zero-order valence-electron chi connectivity index (χ0n) is 29.4. The van der Waals surface area contributed by atoms with Gasteiger partial charge in [-0.15, -0.1) is 0 Å². The molecule has 0 heterocycles. The van der Waals surface area contributed by atoms with Crippen LogP contribution in [0.15, 0.2) is 193 Å². The van der Waals surface area contributed by atoms with E-state index in [1.165, 1.54) is 55.9 Å². The maximum atomic E-state index is 3.49. The van der Waals surface area contributed by atoms with Gasteiger partial charge in [-0.2, -0.15) is 0 Å². The highest BCUT2D eigenvalue weighted by atomic mass is 15.2. The summed E-state index contributed by atoms with van der Waals surface area (Å²) in [5.41, 5.74) is 21.4. The average Bonchev–Trinajstić information content (AvgIpc) is 3.20. The van der Waals surface area contributed by atoms with Crippen molar-refractivity contribution in [1.29, 1.82) is 0 Å². The molecule has 2 aliphatic carbocycles. The molecule has 0 saturated heterocycles. The molecule has 0 bridgehead atoms. The van der Waals surface area contributed by atoms with Crippen molar-refractivity contribution in [2.75, 3.05) is 4.90 Å². The number of aryl methyl sites for hydroxylation is 1. The van der Waals surface area contributed by atoms with Gasteiger partial charge in [-0.3, -0.25) is 0 Å². The minimum Gasteiger partial charge on any atom is -0.333 e. The number of fused-ring (bicyclic) bond motifs is 2. The fraction of sp³-hybridized carbons (Fsp3) is 0.160. The minimum absolute atomic E-state index is 0.0963. The lowest BCUT2D eigenvalue weighted by atomic mass is 9.67. The quantitative estimate of drug-likeness (QED) is 0.132. The highest BCUT2D eigenvalue weighted by Gasteiger charge is 2.35. The third-order valence-electron chi connectivity index (χ3n) is 10.8. The van der Waals surface area contributed by atoms with E-state index in [0.29, 0.717) is 5.92 Å². The van der Waals surface area contributed by atoms with Crippen LogP contribution in [0.4, 0.5) is 11.4 Å². The molecule has 4 atom stereocenters. The Morgan fingerprint density at radius 2 is 1.06 bits per heavy atom. The summed E-state index contributed by atoms with van der Waals surface area (Å²) >= 11 is 0. The van der Waals surface area contributed by atoms with Crippen LogP contribution < -0.4 is 4.90 Å². The van der Waals surface area contributed by atoms with Crippen LogP contribution in [-0.2, 0) is 0 Å². The van der Waals surface area contributed by atoms with E-state index in [-0.39, 0.29) is 17.9 Å². The Kier molecular flexibility index (Phi) is 9.24. The van der Waals surface area contributed by atoms with Gasteiger partial charge in [0, 0.05) is 28.8 Å². The fourth-order valence-electron chi connectivity index (χ4n) is 8.41. The lowest BCUT2D eigenvalue weighted by Crippen LogP contribution is -2.33.